The lowest BCUT2D eigenvalue weighted by molar-refractivity contribution is 0.0594. The zero-order valence-corrected chi connectivity index (χ0v) is 20.7. The van der Waals surface area contributed by atoms with Crippen LogP contribution in [0.25, 0.3) is 10.9 Å². The molecule has 0 saturated heterocycles. The Bertz CT molecular complexity index is 1300. The fourth-order valence-corrected chi connectivity index (χ4v) is 5.80. The predicted octanol–water partition coefficient (Wildman–Crippen LogP) is 4.90. The molecule has 0 spiro atoms. The number of nitrogens with one attached hydrogen (secondary N) is 1. The zero-order chi connectivity index (χ0) is 24.4. The smallest absolute Gasteiger partial charge is 0.360 e. The number of aromatic amines is 1. The molecular formula is C28H33N5O2. The van der Waals surface area contributed by atoms with E-state index < -0.39 is 5.97 Å². The van der Waals surface area contributed by atoms with E-state index in [0.717, 1.165) is 32.1 Å². The molecule has 0 amide bonds. The minimum atomic E-state index is -0.464. The number of methoxy groups -OCH3 is 1. The molecule has 0 unspecified atom stereocenters. The SMILES string of the molecule is COC(=O)c1cn(CCc2c(C3CCC(c4ccccc4)(N(C)C)CC3)[nH]c3ccccc23)nn1. The van der Waals surface area contributed by atoms with Crippen LogP contribution in [0.5, 0.6) is 0 Å². The largest absolute Gasteiger partial charge is 0.464 e. The van der Waals surface area contributed by atoms with Crippen molar-refractivity contribution < 1.29 is 9.53 Å². The highest BCUT2D eigenvalue weighted by atomic mass is 16.5. The number of carbonyl (C=O) groups is 1. The van der Waals surface area contributed by atoms with Crippen LogP contribution in [0.2, 0.25) is 0 Å². The molecule has 5 rings (SSSR count). The van der Waals surface area contributed by atoms with Gasteiger partial charge in [-0.2, -0.15) is 0 Å². The summed E-state index contributed by atoms with van der Waals surface area (Å²) in [6.45, 7) is 0.650. The van der Waals surface area contributed by atoms with Gasteiger partial charge in [-0.25, -0.2) is 4.79 Å². The van der Waals surface area contributed by atoms with Gasteiger partial charge in [-0.05, 0) is 69.3 Å². The molecule has 182 valence electrons. The molecule has 0 bridgehead atoms. The van der Waals surface area contributed by atoms with Crippen molar-refractivity contribution in [3.8, 4) is 0 Å². The first-order chi connectivity index (χ1) is 17.0. The van der Waals surface area contributed by atoms with Crippen molar-refractivity contribution in [1.29, 1.82) is 0 Å². The molecule has 7 nitrogen and oxygen atoms in total. The third-order valence-electron chi connectivity index (χ3n) is 7.76. The van der Waals surface area contributed by atoms with Crippen molar-refractivity contribution in [1.82, 2.24) is 24.9 Å². The normalized spacial score (nSPS) is 20.4. The lowest BCUT2D eigenvalue weighted by Gasteiger charge is -2.45. The van der Waals surface area contributed by atoms with Gasteiger partial charge in [0, 0.05) is 28.7 Å². The highest BCUT2D eigenvalue weighted by Crippen LogP contribution is 2.47. The summed E-state index contributed by atoms with van der Waals surface area (Å²) in [4.78, 5) is 17.9. The fourth-order valence-electron chi connectivity index (χ4n) is 5.80. The van der Waals surface area contributed by atoms with Crippen LogP contribution in [0, 0.1) is 0 Å². The molecule has 1 saturated carbocycles. The Morgan fingerprint density at radius 2 is 1.83 bits per heavy atom. The Morgan fingerprint density at radius 1 is 1.11 bits per heavy atom. The van der Waals surface area contributed by atoms with Crippen LogP contribution >= 0.6 is 0 Å². The number of H-pyrrole nitrogens is 1. The molecular weight excluding hydrogens is 438 g/mol. The molecule has 2 heterocycles. The molecule has 1 aliphatic rings. The number of aromatic nitrogens is 4. The number of nitrogens with zero attached hydrogens (tertiary/aromatic N) is 4. The van der Waals surface area contributed by atoms with Gasteiger partial charge in [0.2, 0.25) is 0 Å². The molecule has 1 aliphatic carbocycles. The van der Waals surface area contributed by atoms with E-state index in [-0.39, 0.29) is 11.2 Å². The first-order valence-corrected chi connectivity index (χ1v) is 12.3. The fraction of sp³-hybridized carbons (Fsp3) is 0.393. The third-order valence-corrected chi connectivity index (χ3v) is 7.76. The van der Waals surface area contributed by atoms with Gasteiger partial charge < -0.3 is 9.72 Å². The maximum absolute atomic E-state index is 11.8. The summed E-state index contributed by atoms with van der Waals surface area (Å²) in [6.07, 6.45) is 6.97. The van der Waals surface area contributed by atoms with E-state index in [9.17, 15) is 4.79 Å². The summed E-state index contributed by atoms with van der Waals surface area (Å²) < 4.78 is 6.49. The maximum Gasteiger partial charge on any atom is 0.360 e. The topological polar surface area (TPSA) is 76.0 Å². The number of esters is 1. The van der Waals surface area contributed by atoms with Crippen LogP contribution in [0.4, 0.5) is 0 Å². The van der Waals surface area contributed by atoms with Gasteiger partial charge in [0.25, 0.3) is 0 Å². The highest BCUT2D eigenvalue weighted by molar-refractivity contribution is 5.86. The molecule has 0 atom stereocenters. The summed E-state index contributed by atoms with van der Waals surface area (Å²) >= 11 is 0. The Balaban J connectivity index is 1.40. The first kappa shape index (κ1) is 23.3. The molecule has 7 heteroatoms. The van der Waals surface area contributed by atoms with Crippen LogP contribution < -0.4 is 0 Å². The summed E-state index contributed by atoms with van der Waals surface area (Å²) in [5.41, 5.74) is 5.60. The van der Waals surface area contributed by atoms with Gasteiger partial charge in [0.05, 0.1) is 13.3 Å². The van der Waals surface area contributed by atoms with Crippen molar-refractivity contribution >= 4 is 16.9 Å². The van der Waals surface area contributed by atoms with E-state index in [2.05, 4.69) is 88.9 Å². The average Bonchev–Trinajstić information content (AvgIpc) is 3.52. The Labute approximate surface area is 206 Å². The van der Waals surface area contributed by atoms with Gasteiger partial charge >= 0.3 is 5.97 Å². The summed E-state index contributed by atoms with van der Waals surface area (Å²) in [7, 11) is 5.78. The number of hydrogen-bond acceptors (Lipinski definition) is 5. The number of para-hydroxylation sites is 1. The van der Waals surface area contributed by atoms with Crippen LogP contribution in [0.3, 0.4) is 0 Å². The van der Waals surface area contributed by atoms with E-state index in [4.69, 9.17) is 4.74 Å². The number of hydrogen-bond donors (Lipinski definition) is 1. The molecule has 1 fully saturated rings. The van der Waals surface area contributed by atoms with Gasteiger partial charge in [-0.15, -0.1) is 5.10 Å². The second-order valence-corrected chi connectivity index (χ2v) is 9.74. The lowest BCUT2D eigenvalue weighted by atomic mass is 9.70. The zero-order valence-electron chi connectivity index (χ0n) is 20.7. The van der Waals surface area contributed by atoms with E-state index in [0.29, 0.717) is 12.5 Å². The van der Waals surface area contributed by atoms with Crippen molar-refractivity contribution in [3.05, 3.63) is 83.3 Å². The number of ether oxygens (including phenoxy) is 1. The maximum atomic E-state index is 11.8. The van der Waals surface area contributed by atoms with Gasteiger partial charge in [-0.1, -0.05) is 53.7 Å². The summed E-state index contributed by atoms with van der Waals surface area (Å²) in [5.74, 6) is 0.0181. The van der Waals surface area contributed by atoms with E-state index in [1.807, 2.05) is 0 Å². The quantitative estimate of drug-likeness (QED) is 0.388. The number of fused-ring (bicyclic) bond motifs is 1. The summed E-state index contributed by atoms with van der Waals surface area (Å²) in [6, 6.07) is 19.5. The molecule has 4 aromatic rings. The Morgan fingerprint density at radius 3 is 2.54 bits per heavy atom. The molecule has 0 radical (unpaired) electrons. The van der Waals surface area contributed by atoms with Crippen LogP contribution in [-0.4, -0.2) is 52.1 Å². The van der Waals surface area contributed by atoms with Crippen molar-refractivity contribution in [2.24, 2.45) is 0 Å². The molecule has 2 aromatic heterocycles. The molecule has 0 aliphatic heterocycles. The standard InChI is InChI=1S/C28H33N5O2/c1-32(2)28(21-9-5-4-6-10-21)16-13-20(14-17-28)26-23(22-11-7-8-12-24(22)29-26)15-18-33-19-25(30-31-33)27(34)35-3/h4-12,19-20,29H,13-18H2,1-3H3. The van der Waals surface area contributed by atoms with Crippen molar-refractivity contribution in [3.63, 3.8) is 0 Å². The highest BCUT2D eigenvalue weighted by Gasteiger charge is 2.39. The molecule has 2 aromatic carbocycles. The van der Waals surface area contributed by atoms with Crippen molar-refractivity contribution in [2.45, 2.75) is 50.1 Å². The second-order valence-electron chi connectivity index (χ2n) is 9.74. The van der Waals surface area contributed by atoms with Gasteiger partial charge in [-0.3, -0.25) is 9.58 Å². The van der Waals surface area contributed by atoms with Gasteiger partial charge in [0.15, 0.2) is 5.69 Å². The van der Waals surface area contributed by atoms with Crippen LogP contribution in [0.15, 0.2) is 60.8 Å². The number of rotatable bonds is 7. The van der Waals surface area contributed by atoms with Crippen molar-refractivity contribution in [2.75, 3.05) is 21.2 Å². The Kier molecular flexibility index (Phi) is 6.43. The molecule has 1 N–H and O–H groups in total. The third kappa shape index (κ3) is 4.36. The van der Waals surface area contributed by atoms with Crippen LogP contribution in [0.1, 0.15) is 58.9 Å². The minimum absolute atomic E-state index is 0.0783. The monoisotopic (exact) mass is 471 g/mol. The predicted molar refractivity (Wildman–Crippen MR) is 136 cm³/mol. The van der Waals surface area contributed by atoms with Crippen LogP contribution in [-0.2, 0) is 23.2 Å². The van der Waals surface area contributed by atoms with E-state index >= 15 is 0 Å². The lowest BCUT2D eigenvalue weighted by Crippen LogP contribution is -2.44. The first-order valence-electron chi connectivity index (χ1n) is 12.3. The van der Waals surface area contributed by atoms with E-state index in [1.54, 1.807) is 10.9 Å². The molecule has 35 heavy (non-hydrogen) atoms. The van der Waals surface area contributed by atoms with Gasteiger partial charge in [0.1, 0.15) is 0 Å². The number of carbonyl (C=O) groups excluding carboxylic acids is 1. The second kappa shape index (κ2) is 9.66. The minimum Gasteiger partial charge on any atom is -0.464 e. The number of aryl methyl sites for hydroxylation is 2. The Hall–Kier alpha value is -3.45. The number of benzene rings is 2. The summed E-state index contributed by atoms with van der Waals surface area (Å²) in [5, 5.41) is 9.34. The van der Waals surface area contributed by atoms with E-state index in [1.165, 1.54) is 34.8 Å². The average molecular weight is 472 g/mol.